The van der Waals surface area contributed by atoms with E-state index in [0.717, 1.165) is 37.3 Å². The minimum Gasteiger partial charge on any atom is -0.493 e. The number of hydrogen-bond acceptors (Lipinski definition) is 18. The van der Waals surface area contributed by atoms with Crippen LogP contribution in [0.1, 0.15) is 73.4 Å². The summed E-state index contributed by atoms with van der Waals surface area (Å²) < 4.78 is 240. The first-order valence-corrected chi connectivity index (χ1v) is 46.3. The van der Waals surface area contributed by atoms with Crippen molar-refractivity contribution in [2.45, 2.75) is 117 Å². The zero-order valence-electron chi connectivity index (χ0n) is 71.3. The average molecular weight is 1890 g/mol. The van der Waals surface area contributed by atoms with E-state index < -0.39 is 109 Å². The SMILES string of the molecule is CN(C(C)(C)C)S(=O)(=O)c1cccc(B(O)O)c1.COc1c(F)cc(F)cc1-c1c[nH]c2ncc(-c3cccc(S(=O)(=O)N(C)C(C)(C)C)c3)cc12.COc1c(F)cc(F)cc1-c1cn(S(=O)(=O)c2ccc(C)cc2)c2ncc(-c3cccc(S(=O)(=O)N(C)C(C)(C)C)c3)cc12.COc1c(F)cc(F)cc1-c1cn(S(=O)(=O)c2ccc(C)cc2)c2ncc(Br)cc12. The monoisotopic (exact) mass is 1890 g/mol. The van der Waals surface area contributed by atoms with E-state index in [4.69, 9.17) is 24.3 Å². The lowest BCUT2D eigenvalue weighted by Crippen LogP contribution is -2.42. The van der Waals surface area contributed by atoms with Crippen LogP contribution in [0, 0.1) is 48.8 Å². The number of benzene rings is 8. The standard InChI is InChI=1S/C32H31F2N3O5S2.C25H25F2N3O3S.C21H15BrF2N2O3S.C11H18BNO4S/c1-20-10-12-24(13-11-20)44(40,41)37-19-28(26-16-23(33)17-29(34)30(26)42-6)27-15-22(18-35-31(27)37)21-8-7-9-25(14-21)43(38,39)36(5)32(2,3)4;1-25(2,3)30(4)34(31,32)18-8-6-7-15(9-18)16-10-20-21(14-29-24(20)28-13-16)19-11-17(26)12-22(27)23(19)33-5;1-12-3-5-15(6-4-12)30(27,28)26-11-18(17-7-13(22)10-25-21(17)26)16-8-14(23)9-19(24)20(16)29-2;1-11(2,3)13(4)18(16,17)10-7-5-6-9(8-10)12(14)15/h7-19H,1-6H3;6-14H,1-5H3,(H,28,29);3-11H,1-2H3;5-8,14-15H,1-4H3. The molecule has 0 atom stereocenters. The van der Waals surface area contributed by atoms with Crippen LogP contribution in [0.15, 0.2) is 242 Å². The molecule has 0 spiro atoms. The van der Waals surface area contributed by atoms with Crippen LogP contribution in [0.25, 0.3) is 88.7 Å². The minimum atomic E-state index is -4.20. The maximum atomic E-state index is 14.8. The number of rotatable bonds is 19. The van der Waals surface area contributed by atoms with Gasteiger partial charge in [-0.1, -0.05) is 71.8 Å². The summed E-state index contributed by atoms with van der Waals surface area (Å²) >= 11 is 3.32. The van der Waals surface area contributed by atoms with Crippen molar-refractivity contribution in [3.8, 4) is 72.9 Å². The predicted molar refractivity (Wildman–Crippen MR) is 478 cm³/mol. The lowest BCUT2D eigenvalue weighted by atomic mass is 9.80. The first-order chi connectivity index (χ1) is 58.8. The van der Waals surface area contributed by atoms with Gasteiger partial charge >= 0.3 is 7.12 Å². The summed E-state index contributed by atoms with van der Waals surface area (Å²) in [5.41, 5.74) is 4.23. The van der Waals surface area contributed by atoms with Gasteiger partial charge in [-0.3, -0.25) is 0 Å². The molecule has 0 aliphatic heterocycles. The Morgan fingerprint density at radius 2 is 0.738 bits per heavy atom. The molecule has 0 fully saturated rings. The molecule has 0 aliphatic rings. The molecule has 3 N–H and O–H groups in total. The van der Waals surface area contributed by atoms with Crippen LogP contribution in [0.2, 0.25) is 0 Å². The fourth-order valence-corrected chi connectivity index (χ4v) is 20.8. The Labute approximate surface area is 736 Å². The molecule has 0 bridgehead atoms. The average Bonchev–Trinajstić information content (AvgIpc) is 1.55. The summed E-state index contributed by atoms with van der Waals surface area (Å²) in [5, 5.41) is 19.4. The maximum Gasteiger partial charge on any atom is 0.488 e. The van der Waals surface area contributed by atoms with Crippen LogP contribution >= 0.6 is 15.9 Å². The van der Waals surface area contributed by atoms with E-state index in [9.17, 15) is 68.4 Å². The Morgan fingerprint density at radius 3 is 1.11 bits per heavy atom. The number of pyridine rings is 3. The summed E-state index contributed by atoms with van der Waals surface area (Å²) in [6.07, 6.45) is 8.66. The number of nitrogens with one attached hydrogen (secondary N) is 1. The van der Waals surface area contributed by atoms with E-state index in [-0.39, 0.29) is 91.7 Å². The zero-order chi connectivity index (χ0) is 92.8. The van der Waals surface area contributed by atoms with Gasteiger partial charge in [0, 0.05) is 158 Å². The van der Waals surface area contributed by atoms with Crippen molar-refractivity contribution >= 4 is 112 Å². The van der Waals surface area contributed by atoms with Crippen LogP contribution in [0.5, 0.6) is 17.2 Å². The number of aromatic nitrogens is 6. The van der Waals surface area contributed by atoms with Gasteiger partial charge in [0.25, 0.3) is 20.0 Å². The second-order valence-corrected chi connectivity index (χ2v) is 42.5. The fourth-order valence-electron chi connectivity index (χ4n) is 13.1. The molecular weight excluding hydrogens is 1800 g/mol. The van der Waals surface area contributed by atoms with E-state index in [1.807, 2.05) is 34.6 Å². The van der Waals surface area contributed by atoms with Crippen LogP contribution < -0.4 is 19.7 Å². The Bertz CT molecular complexity index is 7130. The highest BCUT2D eigenvalue weighted by Crippen LogP contribution is 2.45. The summed E-state index contributed by atoms with van der Waals surface area (Å²) in [4.78, 5) is 16.5. The number of sulfonamides is 3. The van der Waals surface area contributed by atoms with Crippen molar-refractivity contribution in [3.05, 3.63) is 264 Å². The summed E-state index contributed by atoms with van der Waals surface area (Å²) in [6.45, 7) is 19.9. The third kappa shape index (κ3) is 19.8. The van der Waals surface area contributed by atoms with Crippen LogP contribution in [0.3, 0.4) is 0 Å². The third-order valence-electron chi connectivity index (χ3n) is 20.7. The van der Waals surface area contributed by atoms with Gasteiger partial charge in [0.15, 0.2) is 46.0 Å². The lowest BCUT2D eigenvalue weighted by molar-refractivity contribution is 0.291. The van der Waals surface area contributed by atoms with Crippen molar-refractivity contribution in [2.75, 3.05) is 42.5 Å². The zero-order valence-corrected chi connectivity index (χ0v) is 76.9. The lowest BCUT2D eigenvalue weighted by Gasteiger charge is -2.31. The number of aryl methyl sites for hydroxylation is 2. The smallest absolute Gasteiger partial charge is 0.488 e. The summed E-state index contributed by atoms with van der Waals surface area (Å²) in [7, 11) is -12.8. The topological polar surface area (TPSA) is 313 Å². The molecule has 0 amide bonds. The van der Waals surface area contributed by atoms with E-state index in [0.29, 0.717) is 60.8 Å². The molecule has 6 heterocycles. The van der Waals surface area contributed by atoms with Gasteiger partial charge in [0.1, 0.15) is 23.1 Å². The second kappa shape index (κ2) is 36.7. The Hall–Kier alpha value is -11.1. The molecule has 0 aliphatic carbocycles. The van der Waals surface area contributed by atoms with Crippen molar-refractivity contribution < 1.29 is 92.7 Å². The Kier molecular flexibility index (Phi) is 27.8. The van der Waals surface area contributed by atoms with E-state index in [2.05, 4.69) is 35.9 Å². The number of methoxy groups -OCH3 is 3. The van der Waals surface area contributed by atoms with Crippen molar-refractivity contribution in [2.24, 2.45) is 0 Å². The number of ether oxygens (including phenoxy) is 3. The summed E-state index contributed by atoms with van der Waals surface area (Å²) in [6, 6.07) is 41.7. The summed E-state index contributed by atoms with van der Waals surface area (Å²) in [5.74, 6) is -5.63. The molecule has 0 saturated heterocycles. The molecule has 0 unspecified atom stereocenters. The molecule has 24 nitrogen and oxygen atoms in total. The molecule has 0 radical (unpaired) electrons. The van der Waals surface area contributed by atoms with Crippen LogP contribution in [0.4, 0.5) is 26.3 Å². The van der Waals surface area contributed by atoms with Gasteiger partial charge in [0.05, 0.1) is 45.8 Å². The highest BCUT2D eigenvalue weighted by molar-refractivity contribution is 9.10. The first-order valence-electron chi connectivity index (χ1n) is 38.3. The molecule has 37 heteroatoms. The number of aromatic amines is 1. The third-order valence-corrected chi connectivity index (χ3v) is 30.8. The van der Waals surface area contributed by atoms with Gasteiger partial charge in [-0.25, -0.2) is 91.3 Å². The van der Waals surface area contributed by atoms with E-state index >= 15 is 0 Å². The molecule has 8 aromatic carbocycles. The Balaban J connectivity index is 0.000000170. The Morgan fingerprint density at radius 1 is 0.397 bits per heavy atom. The molecule has 6 aromatic heterocycles. The number of halogens is 7. The molecule has 0 saturated carbocycles. The van der Waals surface area contributed by atoms with Crippen LogP contribution in [-0.2, 0) is 50.1 Å². The quantitative estimate of drug-likeness (QED) is 0.0500. The van der Waals surface area contributed by atoms with Crippen molar-refractivity contribution in [1.29, 1.82) is 0 Å². The van der Waals surface area contributed by atoms with Gasteiger partial charge < -0.3 is 29.2 Å². The van der Waals surface area contributed by atoms with Gasteiger partial charge in [-0.2, -0.15) is 12.9 Å². The second-order valence-electron chi connectivity index (χ2n) is 32.1. The number of H-pyrrole nitrogens is 1. The minimum absolute atomic E-state index is 0.00399. The molecule has 14 rings (SSSR count). The van der Waals surface area contributed by atoms with Gasteiger partial charge in [-0.15, -0.1) is 0 Å². The highest BCUT2D eigenvalue weighted by Gasteiger charge is 2.36. The van der Waals surface area contributed by atoms with E-state index in [1.54, 1.807) is 140 Å². The first kappa shape index (κ1) is 95.6. The largest absolute Gasteiger partial charge is 0.493 e. The van der Waals surface area contributed by atoms with E-state index in [1.165, 1.54) is 140 Å². The van der Waals surface area contributed by atoms with Gasteiger partial charge in [-0.05, 0) is 206 Å². The highest BCUT2D eigenvalue weighted by atomic mass is 79.9. The van der Waals surface area contributed by atoms with Crippen molar-refractivity contribution in [3.63, 3.8) is 0 Å². The molecule has 126 heavy (non-hydrogen) atoms. The molecule has 662 valence electrons. The van der Waals surface area contributed by atoms with Crippen molar-refractivity contribution in [1.82, 2.24) is 40.8 Å². The van der Waals surface area contributed by atoms with Crippen LogP contribution in [-0.4, -0.2) is 159 Å². The fraction of sp³-hybridized carbons (Fsp3) is 0.225. The molecule has 14 aromatic rings. The molecular formula is C89H89BBrF6N9O15S5. The predicted octanol–water partition coefficient (Wildman–Crippen LogP) is 17.3. The number of nitrogens with zero attached hydrogens (tertiary/aromatic N) is 8. The normalized spacial score (nSPS) is 12.4. The number of fused-ring (bicyclic) bond motifs is 3. The maximum absolute atomic E-state index is 14.8. The number of hydrogen-bond donors (Lipinski definition) is 3. The van der Waals surface area contributed by atoms with Gasteiger partial charge in [0.2, 0.25) is 30.1 Å².